The van der Waals surface area contributed by atoms with Gasteiger partial charge in [0.2, 0.25) is 0 Å². The molecule has 0 aliphatic carbocycles. The van der Waals surface area contributed by atoms with Gasteiger partial charge in [-0.15, -0.1) is 0 Å². The van der Waals surface area contributed by atoms with E-state index in [1.807, 2.05) is 56.1 Å². The summed E-state index contributed by atoms with van der Waals surface area (Å²) < 4.78 is 3.53. The molecule has 1 aliphatic heterocycles. The molecule has 1 saturated heterocycles. The van der Waals surface area contributed by atoms with Gasteiger partial charge in [0.1, 0.15) is 11.9 Å². The summed E-state index contributed by atoms with van der Waals surface area (Å²) in [6.07, 6.45) is 10.0. The van der Waals surface area contributed by atoms with Crippen LogP contribution in [0.4, 0.5) is 5.82 Å². The summed E-state index contributed by atoms with van der Waals surface area (Å²) >= 11 is 0. The lowest BCUT2D eigenvalue weighted by molar-refractivity contribution is 0.116. The number of piperazine rings is 1. The van der Waals surface area contributed by atoms with Crippen LogP contribution in [0.2, 0.25) is 0 Å². The molecule has 1 aliphatic rings. The van der Waals surface area contributed by atoms with E-state index in [4.69, 9.17) is 4.98 Å². The van der Waals surface area contributed by atoms with Crippen LogP contribution >= 0.6 is 0 Å². The van der Waals surface area contributed by atoms with E-state index in [1.165, 1.54) is 5.56 Å². The molecule has 6 rings (SSSR count). The van der Waals surface area contributed by atoms with Crippen molar-refractivity contribution in [3.63, 3.8) is 0 Å². The monoisotopic (exact) mass is 518 g/mol. The van der Waals surface area contributed by atoms with Crippen molar-refractivity contribution < 1.29 is 5.11 Å². The van der Waals surface area contributed by atoms with E-state index >= 15 is 0 Å². The lowest BCUT2D eigenvalue weighted by Crippen LogP contribution is -2.52. The molecule has 0 unspecified atom stereocenters. The van der Waals surface area contributed by atoms with E-state index in [-0.39, 0.29) is 12.6 Å². The zero-order valence-corrected chi connectivity index (χ0v) is 21.9. The maximum Gasteiger partial charge on any atom is 0.128 e. The quantitative estimate of drug-likeness (QED) is 0.353. The molecule has 196 valence electrons. The first-order valence-corrected chi connectivity index (χ1v) is 13.1. The molecule has 0 amide bonds. The molecule has 1 N–H and O–H groups in total. The molecule has 4 aromatic heterocycles. The number of benzene rings is 1. The summed E-state index contributed by atoms with van der Waals surface area (Å²) in [6.45, 7) is 3.58. The third kappa shape index (κ3) is 5.00. The number of aryl methyl sites for hydroxylation is 1. The number of hydrogen-bond donors (Lipinski definition) is 1. The van der Waals surface area contributed by atoms with E-state index in [9.17, 15) is 10.4 Å². The molecule has 0 radical (unpaired) electrons. The van der Waals surface area contributed by atoms with Crippen molar-refractivity contribution >= 4 is 11.3 Å². The Balaban J connectivity index is 1.21. The Morgan fingerprint density at radius 1 is 0.923 bits per heavy atom. The molecule has 5 aromatic rings. The predicted molar refractivity (Wildman–Crippen MR) is 150 cm³/mol. The number of hydrogen-bond acceptors (Lipinski definition) is 7. The topological polar surface area (TPSA) is 98.5 Å². The Hall–Kier alpha value is -4.52. The van der Waals surface area contributed by atoms with Gasteiger partial charge in [-0.05, 0) is 30.2 Å². The van der Waals surface area contributed by atoms with Gasteiger partial charge in [0.05, 0.1) is 30.1 Å². The normalized spacial score (nSPS) is 14.9. The zero-order valence-electron chi connectivity index (χ0n) is 21.9. The molecule has 0 saturated carbocycles. The van der Waals surface area contributed by atoms with Gasteiger partial charge in [0.15, 0.2) is 0 Å². The van der Waals surface area contributed by atoms with Gasteiger partial charge in [0, 0.05) is 80.1 Å². The Morgan fingerprint density at radius 2 is 1.74 bits per heavy atom. The highest BCUT2D eigenvalue weighted by Crippen LogP contribution is 2.32. The first kappa shape index (κ1) is 24.8. The number of aromatic nitrogens is 5. The molecule has 1 fully saturated rings. The van der Waals surface area contributed by atoms with Crippen LogP contribution in [-0.4, -0.2) is 73.2 Å². The maximum absolute atomic E-state index is 10.1. The second-order valence-corrected chi connectivity index (χ2v) is 9.96. The maximum atomic E-state index is 10.1. The van der Waals surface area contributed by atoms with Crippen LogP contribution in [-0.2, 0) is 13.5 Å². The fraction of sp³-hybridized carbons (Fsp3) is 0.267. The Bertz CT molecular complexity index is 1610. The smallest absolute Gasteiger partial charge is 0.128 e. The third-order valence-electron chi connectivity index (χ3n) is 7.51. The SMILES string of the molecule is Cn1cc(-c2cc(-c3ccc(N4CCN([C@H](CO)Cc5ccccc5)CC4)nc3)c3c(C#N)cnn3c2)cn1. The number of nitrogens with zero attached hydrogens (tertiary/aromatic N) is 8. The number of rotatable bonds is 7. The standard InChI is InChI=1S/C30H30N8O/c1-35-19-26(18-33-35)24-14-28(30-25(15-31)17-34-38(30)20-24)23-7-8-29(32-16-23)37-11-9-36(10-12-37)27(21-39)13-22-5-3-2-4-6-22/h2-8,14,16-20,27,39H,9-13,21H2,1H3/t27-/m0/s1. The molecule has 39 heavy (non-hydrogen) atoms. The highest BCUT2D eigenvalue weighted by atomic mass is 16.3. The van der Waals surface area contributed by atoms with Gasteiger partial charge in [-0.25, -0.2) is 9.50 Å². The van der Waals surface area contributed by atoms with Crippen molar-refractivity contribution in [1.29, 1.82) is 5.26 Å². The second kappa shape index (κ2) is 10.7. The summed E-state index contributed by atoms with van der Waals surface area (Å²) in [6, 6.07) is 18.9. The van der Waals surface area contributed by atoms with Crippen LogP contribution in [0, 0.1) is 11.3 Å². The fourth-order valence-corrected chi connectivity index (χ4v) is 5.40. The van der Waals surface area contributed by atoms with Crippen LogP contribution in [0.25, 0.3) is 27.8 Å². The van der Waals surface area contributed by atoms with E-state index < -0.39 is 0 Å². The highest BCUT2D eigenvalue weighted by Gasteiger charge is 2.24. The summed E-state index contributed by atoms with van der Waals surface area (Å²) in [5.41, 5.74) is 6.31. The molecule has 5 heterocycles. The minimum Gasteiger partial charge on any atom is -0.395 e. The van der Waals surface area contributed by atoms with Crippen LogP contribution < -0.4 is 4.90 Å². The summed E-state index contributed by atoms with van der Waals surface area (Å²) in [5, 5.41) is 28.5. The average molecular weight is 519 g/mol. The van der Waals surface area contributed by atoms with Crippen LogP contribution in [0.3, 0.4) is 0 Å². The fourth-order valence-electron chi connectivity index (χ4n) is 5.40. The van der Waals surface area contributed by atoms with Gasteiger partial charge in [-0.1, -0.05) is 30.3 Å². The molecular weight excluding hydrogens is 488 g/mol. The minimum absolute atomic E-state index is 0.115. The van der Waals surface area contributed by atoms with E-state index in [2.05, 4.69) is 50.3 Å². The van der Waals surface area contributed by atoms with Crippen molar-refractivity contribution in [3.05, 3.63) is 90.6 Å². The largest absolute Gasteiger partial charge is 0.395 e. The second-order valence-electron chi connectivity index (χ2n) is 9.96. The van der Waals surface area contributed by atoms with E-state index in [0.29, 0.717) is 5.56 Å². The van der Waals surface area contributed by atoms with E-state index in [0.717, 1.165) is 66.2 Å². The van der Waals surface area contributed by atoms with Crippen LogP contribution in [0.5, 0.6) is 0 Å². The van der Waals surface area contributed by atoms with Gasteiger partial charge in [-0.2, -0.15) is 15.5 Å². The first-order chi connectivity index (χ1) is 19.1. The first-order valence-electron chi connectivity index (χ1n) is 13.1. The molecule has 0 bridgehead atoms. The van der Waals surface area contributed by atoms with Crippen molar-refractivity contribution in [2.75, 3.05) is 37.7 Å². The van der Waals surface area contributed by atoms with Crippen molar-refractivity contribution in [3.8, 4) is 28.3 Å². The zero-order chi connectivity index (χ0) is 26.8. The third-order valence-corrected chi connectivity index (χ3v) is 7.51. The lowest BCUT2D eigenvalue weighted by Gasteiger charge is -2.39. The van der Waals surface area contributed by atoms with Crippen molar-refractivity contribution in [2.45, 2.75) is 12.5 Å². The molecule has 1 aromatic carbocycles. The molecule has 0 spiro atoms. The Kier molecular flexibility index (Phi) is 6.80. The minimum atomic E-state index is 0.115. The molecule has 9 nitrogen and oxygen atoms in total. The number of anilines is 1. The highest BCUT2D eigenvalue weighted by molar-refractivity contribution is 5.87. The summed E-state index contributed by atoms with van der Waals surface area (Å²) in [7, 11) is 1.89. The van der Waals surface area contributed by atoms with Crippen molar-refractivity contribution in [2.24, 2.45) is 7.05 Å². The summed E-state index contributed by atoms with van der Waals surface area (Å²) in [5.74, 6) is 0.926. The van der Waals surface area contributed by atoms with Gasteiger partial charge in [0.25, 0.3) is 0 Å². The molecule has 9 heteroatoms. The van der Waals surface area contributed by atoms with Gasteiger partial charge >= 0.3 is 0 Å². The number of nitriles is 1. The van der Waals surface area contributed by atoms with Gasteiger partial charge in [-0.3, -0.25) is 9.58 Å². The average Bonchev–Trinajstić information content (AvgIpc) is 3.62. The number of aliphatic hydroxyl groups is 1. The number of aliphatic hydroxyl groups excluding tert-OH is 1. The Morgan fingerprint density at radius 3 is 2.41 bits per heavy atom. The number of pyridine rings is 2. The van der Waals surface area contributed by atoms with Crippen LogP contribution in [0.1, 0.15) is 11.1 Å². The molecular formula is C30H30N8O. The summed E-state index contributed by atoms with van der Waals surface area (Å²) in [4.78, 5) is 9.49. The molecule has 1 atom stereocenters. The Labute approximate surface area is 227 Å². The predicted octanol–water partition coefficient (Wildman–Crippen LogP) is 3.39. The van der Waals surface area contributed by atoms with Gasteiger partial charge < -0.3 is 10.0 Å². The van der Waals surface area contributed by atoms with Crippen molar-refractivity contribution in [1.82, 2.24) is 29.3 Å². The van der Waals surface area contributed by atoms with E-state index in [1.54, 1.807) is 15.4 Å². The number of fused-ring (bicyclic) bond motifs is 1. The van der Waals surface area contributed by atoms with Crippen LogP contribution in [0.15, 0.2) is 79.5 Å². The lowest BCUT2D eigenvalue weighted by atomic mass is 10.0.